The molecule has 1 heterocycles. The highest BCUT2D eigenvalue weighted by Crippen LogP contribution is 2.36. The Hall–Kier alpha value is -2.18. The normalized spacial score (nSPS) is 22.1. The highest BCUT2D eigenvalue weighted by Gasteiger charge is 2.37. The number of nitrogens with zero attached hydrogens (tertiary/aromatic N) is 2. The van der Waals surface area contributed by atoms with Gasteiger partial charge in [0.15, 0.2) is 5.82 Å². The molecule has 0 fully saturated rings. The van der Waals surface area contributed by atoms with Crippen LogP contribution in [0.1, 0.15) is 57.7 Å². The maximum Gasteiger partial charge on any atom is 0.235 e. The van der Waals surface area contributed by atoms with Crippen LogP contribution in [-0.2, 0) is 5.41 Å². The molecule has 29 heavy (non-hydrogen) atoms. The van der Waals surface area contributed by atoms with Crippen LogP contribution in [0.5, 0.6) is 0 Å². The Morgan fingerprint density at radius 1 is 1.45 bits per heavy atom. The maximum atomic E-state index is 10.3. The molecule has 1 aromatic heterocycles. The summed E-state index contributed by atoms with van der Waals surface area (Å²) in [7, 11) is 0. The minimum absolute atomic E-state index is 0.0956. The predicted octanol–water partition coefficient (Wildman–Crippen LogP) is 6.08. The molecule has 1 aromatic rings. The third-order valence-corrected chi connectivity index (χ3v) is 5.72. The third-order valence-electron chi connectivity index (χ3n) is 5.08. The lowest BCUT2D eigenvalue weighted by Gasteiger charge is -2.27. The van der Waals surface area contributed by atoms with Gasteiger partial charge in [-0.15, -0.1) is 0 Å². The summed E-state index contributed by atoms with van der Waals surface area (Å²) in [6.07, 6.45) is 16.7. The van der Waals surface area contributed by atoms with E-state index in [9.17, 15) is 10.2 Å². The molecule has 1 aliphatic rings. The molecular weight excluding hydrogens is 432 g/mol. The number of hydrogen-bond donors (Lipinski definition) is 2. The number of halogens is 1. The molecule has 1 atom stereocenters. The number of rotatable bonds is 9. The van der Waals surface area contributed by atoms with E-state index < -0.39 is 5.41 Å². The lowest BCUT2D eigenvalue weighted by molar-refractivity contribution is 0.149. The summed E-state index contributed by atoms with van der Waals surface area (Å²) >= 11 is 3.38. The zero-order valence-corrected chi connectivity index (χ0v) is 18.7. The first-order valence-corrected chi connectivity index (χ1v) is 10.6. The van der Waals surface area contributed by atoms with Crippen molar-refractivity contribution >= 4 is 21.5 Å². The fraction of sp³-hybridized carbons (Fsp3) is 0.391. The first kappa shape index (κ1) is 23.1. The van der Waals surface area contributed by atoms with E-state index in [-0.39, 0.29) is 12.4 Å². The zero-order chi connectivity index (χ0) is 21.3. The van der Waals surface area contributed by atoms with E-state index in [4.69, 9.17) is 4.52 Å². The van der Waals surface area contributed by atoms with Gasteiger partial charge < -0.3 is 14.7 Å². The van der Waals surface area contributed by atoms with E-state index in [0.29, 0.717) is 29.0 Å². The largest absolute Gasteiger partial charge is 0.507 e. The van der Waals surface area contributed by atoms with Crippen molar-refractivity contribution in [2.24, 2.45) is 0 Å². The standard InChI is InChI=1S/C23H29BrN2O3/c1-4-7-11-17(10-5-2)15-23(6-3,16-27)22-25-21(26-29-22)18-12-8-9-13-20(28)19(24)14-18/h4-5,7,9-10,13-14,27-28H,2,6,8,11-12,15-16H2,1,3H3/b7-4-,13-9?,17-10+,18-14+,20-19-. The summed E-state index contributed by atoms with van der Waals surface area (Å²) in [5.74, 6) is 1.07. The van der Waals surface area contributed by atoms with Gasteiger partial charge in [-0.2, -0.15) is 4.98 Å². The van der Waals surface area contributed by atoms with Crippen LogP contribution < -0.4 is 0 Å². The molecule has 0 amide bonds. The van der Waals surface area contributed by atoms with Crippen molar-refractivity contribution in [3.05, 3.63) is 76.6 Å². The Morgan fingerprint density at radius 3 is 2.90 bits per heavy atom. The van der Waals surface area contributed by atoms with Crippen molar-refractivity contribution in [2.75, 3.05) is 6.61 Å². The second kappa shape index (κ2) is 11.1. The van der Waals surface area contributed by atoms with Crippen LogP contribution in [0.3, 0.4) is 0 Å². The van der Waals surface area contributed by atoms with Crippen molar-refractivity contribution < 1.29 is 14.7 Å². The van der Waals surface area contributed by atoms with Gasteiger partial charge in [0.1, 0.15) is 5.76 Å². The van der Waals surface area contributed by atoms with Gasteiger partial charge in [0.05, 0.1) is 16.5 Å². The topological polar surface area (TPSA) is 79.4 Å². The van der Waals surface area contributed by atoms with Gasteiger partial charge in [-0.25, -0.2) is 0 Å². The fourth-order valence-electron chi connectivity index (χ4n) is 3.22. The molecule has 0 aliphatic heterocycles. The zero-order valence-electron chi connectivity index (χ0n) is 17.1. The molecule has 1 unspecified atom stereocenters. The molecule has 2 N–H and O–H groups in total. The van der Waals surface area contributed by atoms with Crippen LogP contribution in [0.15, 0.2) is 69.4 Å². The lowest BCUT2D eigenvalue weighted by atomic mass is 9.78. The molecule has 1 aliphatic carbocycles. The van der Waals surface area contributed by atoms with Gasteiger partial charge in [-0.1, -0.05) is 54.6 Å². The number of aliphatic hydroxyl groups excluding tert-OH is 2. The summed E-state index contributed by atoms with van der Waals surface area (Å²) in [5, 5.41) is 24.4. The van der Waals surface area contributed by atoms with Gasteiger partial charge in [-0.05, 0) is 67.1 Å². The van der Waals surface area contributed by atoms with E-state index in [0.717, 1.165) is 30.4 Å². The first-order chi connectivity index (χ1) is 14.0. The molecule has 0 aromatic carbocycles. The van der Waals surface area contributed by atoms with Gasteiger partial charge in [0, 0.05) is 5.57 Å². The van der Waals surface area contributed by atoms with E-state index in [1.54, 1.807) is 12.2 Å². The highest BCUT2D eigenvalue weighted by molar-refractivity contribution is 9.11. The van der Waals surface area contributed by atoms with Crippen LogP contribution in [0.4, 0.5) is 0 Å². The van der Waals surface area contributed by atoms with Crippen molar-refractivity contribution in [2.45, 2.75) is 51.4 Å². The van der Waals surface area contributed by atoms with Crippen LogP contribution >= 0.6 is 15.9 Å². The minimum atomic E-state index is -0.654. The second-order valence-corrected chi connectivity index (χ2v) is 7.92. The van der Waals surface area contributed by atoms with Crippen molar-refractivity contribution in [1.29, 1.82) is 0 Å². The number of aliphatic hydroxyl groups is 2. The Bertz CT molecular complexity index is 855. The van der Waals surface area contributed by atoms with Crippen LogP contribution in [0, 0.1) is 0 Å². The minimum Gasteiger partial charge on any atom is -0.507 e. The smallest absolute Gasteiger partial charge is 0.235 e. The number of hydrogen-bond acceptors (Lipinski definition) is 5. The van der Waals surface area contributed by atoms with Gasteiger partial charge in [-0.3, -0.25) is 0 Å². The van der Waals surface area contributed by atoms with E-state index in [1.807, 2.05) is 38.2 Å². The Kier molecular flexibility index (Phi) is 8.86. The van der Waals surface area contributed by atoms with E-state index in [2.05, 4.69) is 38.7 Å². The van der Waals surface area contributed by atoms with Gasteiger partial charge in [0.25, 0.3) is 0 Å². The van der Waals surface area contributed by atoms with E-state index in [1.165, 1.54) is 0 Å². The number of aromatic nitrogens is 2. The molecule has 0 spiro atoms. The van der Waals surface area contributed by atoms with Gasteiger partial charge in [0.2, 0.25) is 5.89 Å². The van der Waals surface area contributed by atoms with Gasteiger partial charge >= 0.3 is 0 Å². The summed E-state index contributed by atoms with van der Waals surface area (Å²) in [4.78, 5) is 4.65. The van der Waals surface area contributed by atoms with Crippen LogP contribution in [0.25, 0.3) is 5.57 Å². The van der Waals surface area contributed by atoms with Crippen molar-refractivity contribution in [3.63, 3.8) is 0 Å². The molecule has 0 radical (unpaired) electrons. The average molecular weight is 461 g/mol. The summed E-state index contributed by atoms with van der Waals surface area (Å²) in [6, 6.07) is 0. The van der Waals surface area contributed by atoms with Crippen molar-refractivity contribution in [3.8, 4) is 0 Å². The summed E-state index contributed by atoms with van der Waals surface area (Å²) in [6.45, 7) is 7.70. The lowest BCUT2D eigenvalue weighted by Crippen LogP contribution is -2.31. The maximum absolute atomic E-state index is 10.3. The third kappa shape index (κ3) is 5.90. The molecular formula is C23H29BrN2O3. The summed E-state index contributed by atoms with van der Waals surface area (Å²) in [5.41, 5.74) is 1.35. The monoisotopic (exact) mass is 460 g/mol. The summed E-state index contributed by atoms with van der Waals surface area (Å²) < 4.78 is 6.21. The highest BCUT2D eigenvalue weighted by atomic mass is 79.9. The molecule has 156 valence electrons. The predicted molar refractivity (Wildman–Crippen MR) is 121 cm³/mol. The van der Waals surface area contributed by atoms with Crippen molar-refractivity contribution in [1.82, 2.24) is 10.1 Å². The molecule has 2 rings (SSSR count). The quantitative estimate of drug-likeness (QED) is 0.344. The first-order valence-electron chi connectivity index (χ1n) is 9.82. The fourth-order valence-corrected chi connectivity index (χ4v) is 3.62. The molecule has 6 heteroatoms. The van der Waals surface area contributed by atoms with Crippen LogP contribution in [-0.4, -0.2) is 27.0 Å². The Morgan fingerprint density at radius 2 is 2.24 bits per heavy atom. The Labute approximate surface area is 181 Å². The molecule has 0 saturated heterocycles. The second-order valence-electron chi connectivity index (χ2n) is 7.07. The Balaban J connectivity index is 2.38. The average Bonchev–Trinajstić information content (AvgIpc) is 3.21. The van der Waals surface area contributed by atoms with Crippen LogP contribution in [0.2, 0.25) is 0 Å². The molecule has 0 bridgehead atoms. The molecule has 5 nitrogen and oxygen atoms in total. The SMILES string of the molecule is C=C/C=C(\C/C=C\C)CC(CC)(CO)c1nc(/C2=C/C(Br)=C(/O)C=CCC2)no1. The van der Waals surface area contributed by atoms with E-state index >= 15 is 0 Å². The molecule has 0 saturated carbocycles. The number of allylic oxidation sites excluding steroid dienone is 10.